The van der Waals surface area contributed by atoms with E-state index in [0.29, 0.717) is 0 Å². The molecule has 3 nitrogen and oxygen atoms in total. The van der Waals surface area contributed by atoms with Crippen LogP contribution in [0.4, 0.5) is 5.69 Å². The molecule has 0 fully saturated rings. The van der Waals surface area contributed by atoms with Crippen LogP contribution >= 0.6 is 0 Å². The number of benzene rings is 1. The van der Waals surface area contributed by atoms with Gasteiger partial charge in [-0.1, -0.05) is 6.07 Å². The largest absolute Gasteiger partial charge is 0.377 e. The third kappa shape index (κ3) is 2.49. The summed E-state index contributed by atoms with van der Waals surface area (Å²) < 4.78 is 1.90. The molecule has 2 aromatic rings. The summed E-state index contributed by atoms with van der Waals surface area (Å²) in [5.41, 5.74) is 4.97. The van der Waals surface area contributed by atoms with Gasteiger partial charge in [-0.3, -0.25) is 4.68 Å². The Balaban J connectivity index is 2.16. The molecule has 2 rings (SSSR count). The highest BCUT2D eigenvalue weighted by Crippen LogP contribution is 2.20. The van der Waals surface area contributed by atoms with Gasteiger partial charge in [-0.2, -0.15) is 5.10 Å². The lowest BCUT2D eigenvalue weighted by Crippen LogP contribution is -2.11. The Labute approximate surface area is 102 Å². The number of hydrogen-bond donors (Lipinski definition) is 1. The molecular weight excluding hydrogens is 210 g/mol. The van der Waals surface area contributed by atoms with Gasteiger partial charge >= 0.3 is 0 Å². The average molecular weight is 229 g/mol. The van der Waals surface area contributed by atoms with E-state index in [-0.39, 0.29) is 6.04 Å². The van der Waals surface area contributed by atoms with Crippen molar-refractivity contribution in [2.45, 2.75) is 26.8 Å². The minimum absolute atomic E-state index is 0.254. The highest BCUT2D eigenvalue weighted by atomic mass is 15.3. The van der Waals surface area contributed by atoms with Crippen molar-refractivity contribution in [1.82, 2.24) is 9.78 Å². The summed E-state index contributed by atoms with van der Waals surface area (Å²) >= 11 is 0. The van der Waals surface area contributed by atoms with E-state index in [4.69, 9.17) is 0 Å². The summed E-state index contributed by atoms with van der Waals surface area (Å²) in [6, 6.07) is 8.74. The van der Waals surface area contributed by atoms with Gasteiger partial charge in [0.1, 0.15) is 0 Å². The second kappa shape index (κ2) is 4.62. The molecule has 0 amide bonds. The number of nitrogens with one attached hydrogen (secondary N) is 1. The molecule has 3 heteroatoms. The van der Waals surface area contributed by atoms with Crippen LogP contribution in [0.25, 0.3) is 0 Å². The molecule has 1 atom stereocenters. The summed E-state index contributed by atoms with van der Waals surface area (Å²) in [7, 11) is 1.97. The zero-order valence-electron chi connectivity index (χ0n) is 10.9. The van der Waals surface area contributed by atoms with Crippen molar-refractivity contribution < 1.29 is 0 Å². The number of rotatable bonds is 3. The van der Waals surface area contributed by atoms with Crippen molar-refractivity contribution in [1.29, 1.82) is 0 Å². The zero-order chi connectivity index (χ0) is 12.4. The quantitative estimate of drug-likeness (QED) is 0.875. The normalized spacial score (nSPS) is 12.5. The molecule has 0 radical (unpaired) electrons. The molecule has 0 aliphatic rings. The van der Waals surface area contributed by atoms with Crippen LogP contribution in [0.15, 0.2) is 30.5 Å². The van der Waals surface area contributed by atoms with E-state index in [1.807, 2.05) is 24.0 Å². The topological polar surface area (TPSA) is 29.9 Å². The van der Waals surface area contributed by atoms with E-state index < -0.39 is 0 Å². The Morgan fingerprint density at radius 3 is 2.53 bits per heavy atom. The lowest BCUT2D eigenvalue weighted by molar-refractivity contribution is 0.676. The summed E-state index contributed by atoms with van der Waals surface area (Å²) in [6.45, 7) is 6.41. The van der Waals surface area contributed by atoms with Gasteiger partial charge < -0.3 is 5.32 Å². The summed E-state index contributed by atoms with van der Waals surface area (Å²) in [6.07, 6.45) is 1.83. The molecular formula is C14H19N3. The summed E-state index contributed by atoms with van der Waals surface area (Å²) in [4.78, 5) is 0. The predicted molar refractivity (Wildman–Crippen MR) is 71.2 cm³/mol. The monoisotopic (exact) mass is 229 g/mol. The highest BCUT2D eigenvalue weighted by Gasteiger charge is 2.09. The first kappa shape index (κ1) is 11.7. The Hall–Kier alpha value is -1.77. The van der Waals surface area contributed by atoms with Crippen LogP contribution in [0.3, 0.4) is 0 Å². The molecule has 0 aliphatic carbocycles. The fourth-order valence-electron chi connectivity index (χ4n) is 1.96. The molecule has 1 unspecified atom stereocenters. The van der Waals surface area contributed by atoms with Crippen LogP contribution in [0.1, 0.15) is 29.8 Å². The van der Waals surface area contributed by atoms with Crippen LogP contribution in [0.5, 0.6) is 0 Å². The van der Waals surface area contributed by atoms with Crippen molar-refractivity contribution >= 4 is 5.69 Å². The molecule has 0 spiro atoms. The molecule has 0 saturated carbocycles. The molecule has 1 heterocycles. The fraction of sp³-hybridized carbons (Fsp3) is 0.357. The lowest BCUT2D eigenvalue weighted by atomic mass is 10.1. The van der Waals surface area contributed by atoms with Crippen LogP contribution in [-0.2, 0) is 7.05 Å². The SMILES string of the molecule is Cc1ccc(NC(C)c2ccnn2C)cc1C. The lowest BCUT2D eigenvalue weighted by Gasteiger charge is -2.16. The maximum atomic E-state index is 4.19. The number of nitrogens with zero attached hydrogens (tertiary/aromatic N) is 2. The van der Waals surface area contributed by atoms with Gasteiger partial charge in [0.05, 0.1) is 11.7 Å². The van der Waals surface area contributed by atoms with E-state index in [1.165, 1.54) is 16.8 Å². The predicted octanol–water partition coefficient (Wildman–Crippen LogP) is 3.21. The Morgan fingerprint density at radius 2 is 1.94 bits per heavy atom. The molecule has 90 valence electrons. The summed E-state index contributed by atoms with van der Waals surface area (Å²) in [5.74, 6) is 0. The van der Waals surface area contributed by atoms with Crippen LogP contribution in [-0.4, -0.2) is 9.78 Å². The smallest absolute Gasteiger partial charge is 0.0653 e. The van der Waals surface area contributed by atoms with E-state index in [0.717, 1.165) is 5.69 Å². The first-order valence-corrected chi connectivity index (χ1v) is 5.89. The molecule has 0 bridgehead atoms. The molecule has 17 heavy (non-hydrogen) atoms. The van der Waals surface area contributed by atoms with Crippen LogP contribution < -0.4 is 5.32 Å². The molecule has 0 aliphatic heterocycles. The van der Waals surface area contributed by atoms with Crippen molar-refractivity contribution in [3.8, 4) is 0 Å². The molecule has 1 N–H and O–H groups in total. The van der Waals surface area contributed by atoms with Gasteiger partial charge in [0.2, 0.25) is 0 Å². The van der Waals surface area contributed by atoms with Gasteiger partial charge in [0.25, 0.3) is 0 Å². The maximum absolute atomic E-state index is 4.19. The summed E-state index contributed by atoms with van der Waals surface area (Å²) in [5, 5.41) is 7.68. The Kier molecular flexibility index (Phi) is 3.18. The van der Waals surface area contributed by atoms with Gasteiger partial charge in [-0.05, 0) is 50.1 Å². The van der Waals surface area contributed by atoms with Crippen LogP contribution in [0, 0.1) is 13.8 Å². The minimum atomic E-state index is 0.254. The fourth-order valence-corrected chi connectivity index (χ4v) is 1.96. The first-order chi connectivity index (χ1) is 8.08. The minimum Gasteiger partial charge on any atom is -0.377 e. The molecule has 1 aromatic heterocycles. The molecule has 1 aromatic carbocycles. The van der Waals surface area contributed by atoms with Crippen molar-refractivity contribution in [2.75, 3.05) is 5.32 Å². The standard InChI is InChI=1S/C14H19N3/c1-10-5-6-13(9-11(10)2)16-12(3)14-7-8-15-17(14)4/h5-9,12,16H,1-4H3. The Bertz CT molecular complexity index is 514. The first-order valence-electron chi connectivity index (χ1n) is 5.89. The maximum Gasteiger partial charge on any atom is 0.0653 e. The van der Waals surface area contributed by atoms with Gasteiger partial charge in [0.15, 0.2) is 0 Å². The number of anilines is 1. The third-order valence-corrected chi connectivity index (χ3v) is 3.19. The van der Waals surface area contributed by atoms with Gasteiger partial charge in [0, 0.05) is 18.9 Å². The third-order valence-electron chi connectivity index (χ3n) is 3.19. The number of aromatic nitrogens is 2. The van der Waals surface area contributed by atoms with Gasteiger partial charge in [-0.15, -0.1) is 0 Å². The van der Waals surface area contributed by atoms with E-state index in [1.54, 1.807) is 0 Å². The van der Waals surface area contributed by atoms with E-state index in [2.05, 4.69) is 49.4 Å². The average Bonchev–Trinajstić information content (AvgIpc) is 2.70. The second-order valence-corrected chi connectivity index (χ2v) is 4.54. The second-order valence-electron chi connectivity index (χ2n) is 4.54. The van der Waals surface area contributed by atoms with E-state index in [9.17, 15) is 0 Å². The van der Waals surface area contributed by atoms with Crippen molar-refractivity contribution in [3.05, 3.63) is 47.3 Å². The van der Waals surface area contributed by atoms with Gasteiger partial charge in [-0.25, -0.2) is 0 Å². The van der Waals surface area contributed by atoms with Crippen molar-refractivity contribution in [2.24, 2.45) is 7.05 Å². The van der Waals surface area contributed by atoms with Crippen molar-refractivity contribution in [3.63, 3.8) is 0 Å². The highest BCUT2D eigenvalue weighted by molar-refractivity contribution is 5.49. The number of aryl methyl sites for hydroxylation is 3. The Morgan fingerprint density at radius 1 is 1.18 bits per heavy atom. The molecule has 0 saturated heterocycles. The van der Waals surface area contributed by atoms with Crippen LogP contribution in [0.2, 0.25) is 0 Å². The zero-order valence-corrected chi connectivity index (χ0v) is 10.9. The number of hydrogen-bond acceptors (Lipinski definition) is 2. The van der Waals surface area contributed by atoms with E-state index >= 15 is 0 Å².